The zero-order valence-corrected chi connectivity index (χ0v) is 18.9. The molecule has 2 aromatic rings. The fourth-order valence-corrected chi connectivity index (χ4v) is 5.17. The number of carbonyl (C=O) groups excluding carboxylic acids is 1. The molecule has 0 saturated heterocycles. The van der Waals surface area contributed by atoms with E-state index in [1.807, 2.05) is 37.4 Å². The van der Waals surface area contributed by atoms with Gasteiger partial charge in [0.1, 0.15) is 5.75 Å². The molecule has 0 aromatic heterocycles. The molecule has 1 atom stereocenters. The largest absolute Gasteiger partial charge is 0.484 e. The Morgan fingerprint density at radius 1 is 1.10 bits per heavy atom. The molecule has 2 N–H and O–H groups in total. The predicted molar refractivity (Wildman–Crippen MR) is 119 cm³/mol. The Morgan fingerprint density at radius 3 is 2.33 bits per heavy atom. The van der Waals surface area contributed by atoms with Crippen molar-refractivity contribution >= 4 is 27.7 Å². The number of hydrogen-bond acceptors (Lipinski definition) is 5. The molecule has 162 valence electrons. The lowest BCUT2D eigenvalue weighted by atomic mass is 10.1. The van der Waals surface area contributed by atoms with E-state index in [1.165, 1.54) is 17.0 Å². The highest BCUT2D eigenvalue weighted by atomic mass is 32.2. The third-order valence-corrected chi connectivity index (χ3v) is 7.45. The number of carbonyl (C=O) groups is 1. The molecular weight excluding hydrogens is 420 g/mol. The lowest BCUT2D eigenvalue weighted by molar-refractivity contribution is -0.123. The molecule has 0 aliphatic heterocycles. The number of benzene rings is 2. The van der Waals surface area contributed by atoms with Crippen molar-refractivity contribution in [3.05, 3.63) is 54.1 Å². The molecule has 1 fully saturated rings. The summed E-state index contributed by atoms with van der Waals surface area (Å²) in [4.78, 5) is 13.6. The summed E-state index contributed by atoms with van der Waals surface area (Å²) in [6.07, 6.45) is 5.91. The summed E-state index contributed by atoms with van der Waals surface area (Å²) in [6.45, 7) is 1.78. The van der Waals surface area contributed by atoms with Crippen LogP contribution in [0.25, 0.3) is 0 Å². The first kappa shape index (κ1) is 22.7. The lowest BCUT2D eigenvalue weighted by Gasteiger charge is -2.15. The highest BCUT2D eigenvalue weighted by Crippen LogP contribution is 2.22. The van der Waals surface area contributed by atoms with E-state index in [-0.39, 0.29) is 29.5 Å². The van der Waals surface area contributed by atoms with E-state index in [0.717, 1.165) is 31.2 Å². The fraction of sp³-hybridized carbons (Fsp3) is 0.409. The predicted octanol–water partition coefficient (Wildman–Crippen LogP) is 3.89. The summed E-state index contributed by atoms with van der Waals surface area (Å²) < 4.78 is 33.2. The van der Waals surface area contributed by atoms with Gasteiger partial charge in [-0.25, -0.2) is 13.1 Å². The molecule has 3 rings (SSSR count). The second kappa shape index (κ2) is 10.3. The second-order valence-electron chi connectivity index (χ2n) is 7.43. The molecule has 1 aliphatic rings. The Hall–Kier alpha value is -2.03. The monoisotopic (exact) mass is 448 g/mol. The number of rotatable bonds is 9. The topological polar surface area (TPSA) is 84.5 Å². The van der Waals surface area contributed by atoms with Crippen molar-refractivity contribution in [1.82, 2.24) is 10.0 Å². The van der Waals surface area contributed by atoms with E-state index in [1.54, 1.807) is 23.9 Å². The van der Waals surface area contributed by atoms with E-state index < -0.39 is 10.0 Å². The number of ether oxygens (including phenoxy) is 1. The molecular formula is C22H28N2O4S2. The molecule has 30 heavy (non-hydrogen) atoms. The highest BCUT2D eigenvalue weighted by Gasteiger charge is 2.22. The van der Waals surface area contributed by atoms with Gasteiger partial charge in [0.05, 0.1) is 10.9 Å². The summed E-state index contributed by atoms with van der Waals surface area (Å²) in [6, 6.07) is 14.1. The second-order valence-corrected chi connectivity index (χ2v) is 10.0. The molecule has 2 aromatic carbocycles. The van der Waals surface area contributed by atoms with Gasteiger partial charge in [-0.1, -0.05) is 25.0 Å². The fourth-order valence-electron chi connectivity index (χ4n) is 3.45. The Bertz CT molecular complexity index is 938. The van der Waals surface area contributed by atoms with Crippen molar-refractivity contribution in [1.29, 1.82) is 0 Å². The van der Waals surface area contributed by atoms with Crippen LogP contribution in [-0.4, -0.2) is 33.2 Å². The number of nitrogens with one attached hydrogen (secondary N) is 2. The van der Waals surface area contributed by atoms with Crippen molar-refractivity contribution in [2.24, 2.45) is 0 Å². The van der Waals surface area contributed by atoms with E-state index in [2.05, 4.69) is 10.0 Å². The van der Waals surface area contributed by atoms with Crippen LogP contribution in [0.4, 0.5) is 0 Å². The molecule has 6 nitrogen and oxygen atoms in total. The molecule has 1 aliphatic carbocycles. The standard InChI is InChI=1S/C22H28N2O4S2/c1-16(17-7-11-20(29-2)12-8-17)23-22(25)15-28-19-9-13-21(14-10-19)30(26,27)24-18-5-3-4-6-18/h7-14,16,18,24H,3-6,15H2,1-2H3,(H,23,25)/t16-/m1/s1. The molecule has 1 saturated carbocycles. The molecule has 0 bridgehead atoms. The minimum Gasteiger partial charge on any atom is -0.484 e. The molecule has 0 spiro atoms. The van der Waals surface area contributed by atoms with Gasteiger partial charge >= 0.3 is 0 Å². The smallest absolute Gasteiger partial charge is 0.258 e. The maximum atomic E-state index is 12.4. The van der Waals surface area contributed by atoms with Crippen LogP contribution in [0.2, 0.25) is 0 Å². The SMILES string of the molecule is CSc1ccc([C@@H](C)NC(=O)COc2ccc(S(=O)(=O)NC3CCCC3)cc2)cc1. The van der Waals surface area contributed by atoms with Gasteiger partial charge in [0.25, 0.3) is 5.91 Å². The van der Waals surface area contributed by atoms with Crippen LogP contribution in [0.15, 0.2) is 58.3 Å². The highest BCUT2D eigenvalue weighted by molar-refractivity contribution is 7.98. The third-order valence-electron chi connectivity index (χ3n) is 5.17. The number of thioether (sulfide) groups is 1. The Morgan fingerprint density at radius 2 is 1.73 bits per heavy atom. The van der Waals surface area contributed by atoms with E-state index in [9.17, 15) is 13.2 Å². The minimum absolute atomic E-state index is 0.0218. The zero-order chi connectivity index (χ0) is 21.6. The Balaban J connectivity index is 1.49. The summed E-state index contributed by atoms with van der Waals surface area (Å²) in [5, 5.41) is 2.90. The normalized spacial score (nSPS) is 15.7. The molecule has 8 heteroatoms. The van der Waals surface area contributed by atoms with Crippen LogP contribution in [0.5, 0.6) is 5.75 Å². The van der Waals surface area contributed by atoms with Gasteiger partial charge in [-0.2, -0.15) is 0 Å². The van der Waals surface area contributed by atoms with Crippen LogP contribution in [0.1, 0.15) is 44.2 Å². The molecule has 1 amide bonds. The lowest BCUT2D eigenvalue weighted by Crippen LogP contribution is -2.32. The number of hydrogen-bond donors (Lipinski definition) is 2. The Labute approximate surface area is 182 Å². The van der Waals surface area contributed by atoms with Crippen LogP contribution in [-0.2, 0) is 14.8 Å². The van der Waals surface area contributed by atoms with Gasteiger partial charge in [-0.15, -0.1) is 11.8 Å². The average Bonchev–Trinajstić information content (AvgIpc) is 3.25. The average molecular weight is 449 g/mol. The van der Waals surface area contributed by atoms with Crippen molar-refractivity contribution in [2.75, 3.05) is 12.9 Å². The molecule has 0 radical (unpaired) electrons. The van der Waals surface area contributed by atoms with Gasteiger partial charge in [0, 0.05) is 10.9 Å². The summed E-state index contributed by atoms with van der Waals surface area (Å²) >= 11 is 1.67. The van der Waals surface area contributed by atoms with Crippen LogP contribution in [0.3, 0.4) is 0 Å². The van der Waals surface area contributed by atoms with E-state index >= 15 is 0 Å². The van der Waals surface area contributed by atoms with Crippen molar-refractivity contribution in [2.45, 2.75) is 54.5 Å². The van der Waals surface area contributed by atoms with Gasteiger partial charge in [-0.05, 0) is 68.0 Å². The first-order chi connectivity index (χ1) is 14.4. The first-order valence-electron chi connectivity index (χ1n) is 10.1. The van der Waals surface area contributed by atoms with E-state index in [0.29, 0.717) is 5.75 Å². The minimum atomic E-state index is -3.53. The van der Waals surface area contributed by atoms with Gasteiger partial charge in [0.2, 0.25) is 10.0 Å². The van der Waals surface area contributed by atoms with Gasteiger partial charge < -0.3 is 10.1 Å². The zero-order valence-electron chi connectivity index (χ0n) is 17.3. The summed E-state index contributed by atoms with van der Waals surface area (Å²) in [7, 11) is -3.53. The molecule has 0 heterocycles. The van der Waals surface area contributed by atoms with E-state index in [4.69, 9.17) is 4.74 Å². The van der Waals surface area contributed by atoms with Crippen molar-refractivity contribution in [3.63, 3.8) is 0 Å². The maximum Gasteiger partial charge on any atom is 0.258 e. The quantitative estimate of drug-likeness (QED) is 0.569. The maximum absolute atomic E-state index is 12.4. The Kier molecular flexibility index (Phi) is 7.80. The first-order valence-corrected chi connectivity index (χ1v) is 12.8. The molecule has 0 unspecified atom stereocenters. The van der Waals surface area contributed by atoms with Crippen molar-refractivity contribution < 1.29 is 17.9 Å². The summed E-state index contributed by atoms with van der Waals surface area (Å²) in [5.41, 5.74) is 1.02. The number of sulfonamides is 1. The number of amides is 1. The van der Waals surface area contributed by atoms with Crippen LogP contribution < -0.4 is 14.8 Å². The van der Waals surface area contributed by atoms with Gasteiger partial charge in [-0.3, -0.25) is 4.79 Å². The summed E-state index contributed by atoms with van der Waals surface area (Å²) in [5.74, 6) is 0.206. The van der Waals surface area contributed by atoms with Gasteiger partial charge in [0.15, 0.2) is 6.61 Å². The van der Waals surface area contributed by atoms with Crippen LogP contribution in [0, 0.1) is 0 Å². The van der Waals surface area contributed by atoms with Crippen molar-refractivity contribution in [3.8, 4) is 5.75 Å². The third kappa shape index (κ3) is 6.23. The van der Waals surface area contributed by atoms with Crippen LogP contribution >= 0.6 is 11.8 Å².